The van der Waals surface area contributed by atoms with E-state index in [1.54, 1.807) is 0 Å². The number of ketones is 1. The number of imidazole rings is 1. The number of aromatic amines is 2. The molecule has 6 rings (SSSR count). The van der Waals surface area contributed by atoms with Crippen molar-refractivity contribution >= 4 is 22.6 Å². The number of carbonyl (C=O) groups excluding carboxylic acids is 1. The molecule has 8 nitrogen and oxygen atoms in total. The summed E-state index contributed by atoms with van der Waals surface area (Å²) >= 11 is 0. The molecular weight excluding hydrogens is 380 g/mol. The molecule has 2 aliphatic heterocycles. The number of Topliss-reactive ketones (excluding diaryl/α,β-unsaturated/α-hetero) is 1. The highest BCUT2D eigenvalue weighted by atomic mass is 16.5. The number of fused-ring (bicyclic) bond motifs is 2. The minimum atomic E-state index is -0.205. The fourth-order valence-corrected chi connectivity index (χ4v) is 4.22. The molecule has 0 aliphatic carbocycles. The molecule has 30 heavy (non-hydrogen) atoms. The van der Waals surface area contributed by atoms with Gasteiger partial charge < -0.3 is 20.4 Å². The Balaban J connectivity index is 1.40. The molecule has 4 heterocycles. The summed E-state index contributed by atoms with van der Waals surface area (Å²) in [4.78, 5) is 20.4. The van der Waals surface area contributed by atoms with Gasteiger partial charge in [0.25, 0.3) is 6.01 Å². The molecule has 1 atom stereocenters. The lowest BCUT2D eigenvalue weighted by molar-refractivity contribution is -0.115. The first-order chi connectivity index (χ1) is 14.8. The van der Waals surface area contributed by atoms with Crippen LogP contribution in [-0.4, -0.2) is 39.0 Å². The molecule has 0 fully saturated rings. The molecule has 0 amide bonds. The van der Waals surface area contributed by atoms with Crippen molar-refractivity contribution in [3.8, 4) is 11.8 Å². The molecule has 0 bridgehead atoms. The van der Waals surface area contributed by atoms with Crippen LogP contribution in [0.4, 0.5) is 5.82 Å². The number of aromatic nitrogens is 4. The standard InChI is InChI=1S/C22H18N6O2/c29-18-11-23-10-17-20(18)19(14-9-24-28-21(14)25-17)12-4-3-5-13(8-12)30-22-26-15-6-1-2-7-16(15)27-22/h1-9,19,23H,10-11H2,(H,26,27)(H2,24,25,28). The SMILES string of the molecule is O=C1CNCC2=C1C(c1cccc(Oc3nc4ccccc4[nH]3)c1)c1c[nH]nc1N2. The highest BCUT2D eigenvalue weighted by Crippen LogP contribution is 2.42. The summed E-state index contributed by atoms with van der Waals surface area (Å²) < 4.78 is 6.01. The predicted molar refractivity (Wildman–Crippen MR) is 112 cm³/mol. The van der Waals surface area contributed by atoms with Gasteiger partial charge in [-0.1, -0.05) is 24.3 Å². The Morgan fingerprint density at radius 3 is 2.93 bits per heavy atom. The molecule has 0 saturated heterocycles. The minimum absolute atomic E-state index is 0.0872. The van der Waals surface area contributed by atoms with Crippen LogP contribution in [0, 0.1) is 0 Å². The Kier molecular flexibility index (Phi) is 3.72. The van der Waals surface area contributed by atoms with Gasteiger partial charge in [0.15, 0.2) is 11.6 Å². The number of para-hydroxylation sites is 2. The molecule has 0 spiro atoms. The number of anilines is 1. The molecule has 4 N–H and O–H groups in total. The van der Waals surface area contributed by atoms with E-state index in [0.717, 1.165) is 39.2 Å². The van der Waals surface area contributed by atoms with Gasteiger partial charge in [-0.15, -0.1) is 0 Å². The first-order valence-corrected chi connectivity index (χ1v) is 9.76. The maximum atomic E-state index is 12.8. The third-order valence-electron chi connectivity index (χ3n) is 5.53. The van der Waals surface area contributed by atoms with E-state index in [9.17, 15) is 4.79 Å². The van der Waals surface area contributed by atoms with E-state index in [2.05, 4.69) is 30.8 Å². The molecule has 2 aromatic heterocycles. The summed E-state index contributed by atoms with van der Waals surface area (Å²) in [5, 5.41) is 13.7. The second kappa shape index (κ2) is 6.57. The maximum absolute atomic E-state index is 12.8. The van der Waals surface area contributed by atoms with Gasteiger partial charge >= 0.3 is 0 Å². The van der Waals surface area contributed by atoms with Gasteiger partial charge in [-0.25, -0.2) is 0 Å². The van der Waals surface area contributed by atoms with E-state index in [0.29, 0.717) is 24.8 Å². The van der Waals surface area contributed by atoms with Crippen LogP contribution in [0.2, 0.25) is 0 Å². The third kappa shape index (κ3) is 2.69. The Morgan fingerprint density at radius 2 is 2.00 bits per heavy atom. The summed E-state index contributed by atoms with van der Waals surface area (Å²) in [7, 11) is 0. The number of nitrogens with zero attached hydrogens (tertiary/aromatic N) is 2. The van der Waals surface area contributed by atoms with Crippen LogP contribution in [0.5, 0.6) is 11.8 Å². The van der Waals surface area contributed by atoms with Crippen LogP contribution in [0.1, 0.15) is 17.0 Å². The second-order valence-corrected chi connectivity index (χ2v) is 7.40. The number of hydrogen-bond donors (Lipinski definition) is 4. The molecule has 148 valence electrons. The Hall–Kier alpha value is -3.91. The van der Waals surface area contributed by atoms with Crippen LogP contribution in [0.25, 0.3) is 11.0 Å². The lowest BCUT2D eigenvalue weighted by atomic mass is 9.79. The van der Waals surface area contributed by atoms with E-state index in [4.69, 9.17) is 4.74 Å². The zero-order valence-corrected chi connectivity index (χ0v) is 15.9. The number of rotatable bonds is 3. The van der Waals surface area contributed by atoms with Crippen LogP contribution >= 0.6 is 0 Å². The lowest BCUT2D eigenvalue weighted by Crippen LogP contribution is -2.39. The normalized spacial score (nSPS) is 18.1. The second-order valence-electron chi connectivity index (χ2n) is 7.40. The van der Waals surface area contributed by atoms with Gasteiger partial charge in [0, 0.05) is 35.5 Å². The molecular formula is C22H18N6O2. The molecule has 1 unspecified atom stereocenters. The minimum Gasteiger partial charge on any atom is -0.426 e. The Labute approximate surface area is 171 Å². The van der Waals surface area contributed by atoms with Crippen molar-refractivity contribution in [2.24, 2.45) is 0 Å². The number of carbonyl (C=O) groups is 1. The zero-order valence-electron chi connectivity index (χ0n) is 15.9. The van der Waals surface area contributed by atoms with Gasteiger partial charge in [-0.2, -0.15) is 10.1 Å². The van der Waals surface area contributed by atoms with E-state index in [1.807, 2.05) is 54.7 Å². The number of nitrogens with one attached hydrogen (secondary N) is 4. The average molecular weight is 398 g/mol. The lowest BCUT2D eigenvalue weighted by Gasteiger charge is -2.31. The van der Waals surface area contributed by atoms with E-state index < -0.39 is 0 Å². The van der Waals surface area contributed by atoms with Gasteiger partial charge in [-0.05, 0) is 29.8 Å². The quantitative estimate of drug-likeness (QED) is 0.422. The smallest absolute Gasteiger partial charge is 0.300 e. The molecule has 4 aromatic rings. The first-order valence-electron chi connectivity index (χ1n) is 9.76. The molecule has 2 aromatic carbocycles. The highest BCUT2D eigenvalue weighted by molar-refractivity contribution is 6.02. The van der Waals surface area contributed by atoms with Crippen molar-refractivity contribution in [1.82, 2.24) is 25.5 Å². The fourth-order valence-electron chi connectivity index (χ4n) is 4.22. The third-order valence-corrected chi connectivity index (χ3v) is 5.53. The summed E-state index contributed by atoms with van der Waals surface area (Å²) in [6.45, 7) is 0.943. The van der Waals surface area contributed by atoms with Crippen LogP contribution in [0.15, 0.2) is 66.0 Å². The molecule has 0 saturated carbocycles. The van der Waals surface area contributed by atoms with Crippen molar-refractivity contribution in [3.63, 3.8) is 0 Å². The zero-order chi connectivity index (χ0) is 20.1. The van der Waals surface area contributed by atoms with Crippen molar-refractivity contribution in [2.75, 3.05) is 18.4 Å². The summed E-state index contributed by atoms with van der Waals surface area (Å²) in [5.74, 6) is 1.28. The van der Waals surface area contributed by atoms with E-state index in [1.165, 1.54) is 0 Å². The summed E-state index contributed by atoms with van der Waals surface area (Å²) in [5.41, 5.74) is 5.34. The number of benzene rings is 2. The number of ether oxygens (including phenoxy) is 1. The van der Waals surface area contributed by atoms with Gasteiger partial charge in [-0.3, -0.25) is 9.89 Å². The van der Waals surface area contributed by atoms with Crippen molar-refractivity contribution < 1.29 is 9.53 Å². The number of hydrogen-bond acceptors (Lipinski definition) is 6. The maximum Gasteiger partial charge on any atom is 0.300 e. The fraction of sp³-hybridized carbons (Fsp3) is 0.136. The van der Waals surface area contributed by atoms with Crippen molar-refractivity contribution in [3.05, 3.63) is 77.1 Å². The predicted octanol–water partition coefficient (Wildman–Crippen LogP) is 3.06. The van der Waals surface area contributed by atoms with Crippen LogP contribution in [0.3, 0.4) is 0 Å². The summed E-state index contributed by atoms with van der Waals surface area (Å²) in [6, 6.07) is 16.0. The monoisotopic (exact) mass is 398 g/mol. The van der Waals surface area contributed by atoms with E-state index in [-0.39, 0.29) is 11.7 Å². The van der Waals surface area contributed by atoms with Gasteiger partial charge in [0.2, 0.25) is 0 Å². The van der Waals surface area contributed by atoms with Crippen LogP contribution < -0.4 is 15.4 Å². The van der Waals surface area contributed by atoms with Crippen LogP contribution in [-0.2, 0) is 4.79 Å². The first kappa shape index (κ1) is 17.0. The molecule has 8 heteroatoms. The van der Waals surface area contributed by atoms with Crippen molar-refractivity contribution in [1.29, 1.82) is 0 Å². The number of H-pyrrole nitrogens is 2. The topological polar surface area (TPSA) is 108 Å². The highest BCUT2D eigenvalue weighted by Gasteiger charge is 2.36. The Morgan fingerprint density at radius 1 is 1.07 bits per heavy atom. The van der Waals surface area contributed by atoms with Crippen molar-refractivity contribution in [2.45, 2.75) is 5.92 Å². The largest absolute Gasteiger partial charge is 0.426 e. The Bertz CT molecular complexity index is 1280. The van der Waals surface area contributed by atoms with E-state index >= 15 is 0 Å². The molecule has 0 radical (unpaired) electrons. The summed E-state index contributed by atoms with van der Waals surface area (Å²) in [6.07, 6.45) is 1.85. The van der Waals surface area contributed by atoms with Gasteiger partial charge in [0.1, 0.15) is 5.75 Å². The van der Waals surface area contributed by atoms with Gasteiger partial charge in [0.05, 0.1) is 17.6 Å². The average Bonchev–Trinajstić information content (AvgIpc) is 3.38. The molecule has 2 aliphatic rings.